The number of anilines is 2. The topological polar surface area (TPSA) is 203 Å². The van der Waals surface area contributed by atoms with Gasteiger partial charge in [0.2, 0.25) is 12.8 Å². The third-order valence-corrected chi connectivity index (χ3v) is 17.7. The molecule has 5 fully saturated rings. The van der Waals surface area contributed by atoms with E-state index in [-0.39, 0.29) is 54.0 Å². The number of nitrogens with zero attached hydrogens (tertiary/aromatic N) is 9. The summed E-state index contributed by atoms with van der Waals surface area (Å²) in [5.41, 5.74) is 3.22. The van der Waals surface area contributed by atoms with Crippen LogP contribution in [0.5, 0.6) is 0 Å². The first-order chi connectivity index (χ1) is 44.4. The number of piperidine rings is 1. The number of methoxy groups -OCH3 is 1. The summed E-state index contributed by atoms with van der Waals surface area (Å²) in [6, 6.07) is 15.7. The van der Waals surface area contributed by atoms with E-state index in [1.807, 2.05) is 65.4 Å². The van der Waals surface area contributed by atoms with Gasteiger partial charge in [0.05, 0.1) is 47.3 Å². The normalized spacial score (nSPS) is 21.3. The van der Waals surface area contributed by atoms with E-state index in [1.165, 1.54) is 57.2 Å². The molecule has 3 amide bonds. The average molecular weight is 1280 g/mol. The molecule has 0 aromatic heterocycles. The molecule has 92 heavy (non-hydrogen) atoms. The number of piperazine rings is 1. The minimum Gasteiger partial charge on any atom is -0.444 e. The number of rotatable bonds is 26. The van der Waals surface area contributed by atoms with Crippen molar-refractivity contribution in [3.63, 3.8) is 0 Å². The quantitative estimate of drug-likeness (QED) is 0.0333. The predicted molar refractivity (Wildman–Crippen MR) is 361 cm³/mol. The number of carbonyl (C=O) groups is 5. The van der Waals surface area contributed by atoms with Crippen LogP contribution in [0.25, 0.3) is 16.5 Å². The summed E-state index contributed by atoms with van der Waals surface area (Å²) in [5.74, 6) is 2.10. The highest BCUT2D eigenvalue weighted by Gasteiger charge is 2.46. The number of nitrogens with one attached hydrogen (secondary N) is 2. The Morgan fingerprint density at radius 2 is 1.64 bits per heavy atom. The van der Waals surface area contributed by atoms with Crippen LogP contribution in [0, 0.1) is 24.1 Å². The molecule has 0 aliphatic carbocycles. The first-order valence-electron chi connectivity index (χ1n) is 32.2. The Kier molecular flexibility index (Phi) is 29.5. The lowest BCUT2D eigenvalue weighted by Crippen LogP contribution is -2.56. The fourth-order valence-corrected chi connectivity index (χ4v) is 13.2. The molecule has 6 aliphatic heterocycles. The van der Waals surface area contributed by atoms with Crippen LogP contribution in [0.1, 0.15) is 121 Å². The van der Waals surface area contributed by atoms with Gasteiger partial charge >= 0.3 is 6.09 Å². The van der Waals surface area contributed by atoms with E-state index in [2.05, 4.69) is 71.1 Å². The van der Waals surface area contributed by atoms with E-state index in [0.29, 0.717) is 72.0 Å². The molecule has 22 heteroatoms. The van der Waals surface area contributed by atoms with E-state index >= 15 is 4.39 Å². The predicted octanol–water partition coefficient (Wildman–Crippen LogP) is 9.22. The summed E-state index contributed by atoms with van der Waals surface area (Å²) in [5, 5.41) is 6.58. The lowest BCUT2D eigenvalue weighted by Gasteiger charge is -2.42. The van der Waals surface area contributed by atoms with Crippen molar-refractivity contribution in [1.29, 1.82) is 0 Å². The number of hydrogen-bond acceptors (Lipinski definition) is 17. The second kappa shape index (κ2) is 36.8. The molecule has 20 nitrogen and oxygen atoms in total. The summed E-state index contributed by atoms with van der Waals surface area (Å²) < 4.78 is 54.6. The van der Waals surface area contributed by atoms with Gasteiger partial charge in [-0.1, -0.05) is 36.3 Å². The molecule has 5 saturated heterocycles. The van der Waals surface area contributed by atoms with Gasteiger partial charge in [0, 0.05) is 103 Å². The molecular weight excluding hydrogens is 1180 g/mol. The molecule has 6 aliphatic rings. The SMILES string of the molecule is C#Cc1c(F)ccc2cccc(C3=C(F)C(=N/COC)/C(=C(\N=C)N4CC5CCC(C4)N5C(=O)OC(C)(C)C)C=N3)c12.C=O.CNC=O.CNCCC(CCOCC1CCC2CCCN21)OCC1CCN(Cc2ccc(N(C=O)C(C)CCC=O)c(N(C)C)c2)CC1. The van der Waals surface area contributed by atoms with E-state index < -0.39 is 17.2 Å². The lowest BCUT2D eigenvalue weighted by atomic mass is 9.94. The minimum absolute atomic E-state index is 0.0122. The number of halogens is 2. The number of carbonyl (C=O) groups excluding carboxylic acids is 5. The number of allylic oxidation sites excluding steroid dienone is 2. The van der Waals surface area contributed by atoms with Crippen molar-refractivity contribution in [3.8, 4) is 12.3 Å². The molecule has 6 atom stereocenters. The third-order valence-electron chi connectivity index (χ3n) is 17.7. The Morgan fingerprint density at radius 3 is 2.27 bits per heavy atom. The number of likely N-dealkylation sites (tertiary alicyclic amines) is 2. The highest BCUT2D eigenvalue weighted by atomic mass is 19.1. The molecule has 3 aromatic carbocycles. The maximum Gasteiger partial charge on any atom is 0.410 e. The van der Waals surface area contributed by atoms with Crippen molar-refractivity contribution >= 4 is 78.5 Å². The average Bonchev–Trinajstić information content (AvgIpc) is 1.19. The van der Waals surface area contributed by atoms with Gasteiger partial charge in [0.15, 0.2) is 5.83 Å². The standard InChI is InChI=1S/C35H59N5O4.C32H33F2N5O3.C2H5NO.CH2O/c1-28(7-6-21-41)40(27-42)34-12-9-30(23-35(34)37(3)4)24-38-19-14-29(15-20-38)25-44-33(13-17-36-2)16-22-43-26-32-11-10-31-8-5-18-39(31)32;1-7-22-25(33)14-11-19-9-8-10-23(26(19)22)28-27(34)29(37-18-41-6)24(15-36-28)30(35-5)38-16-20-12-13-21(17-38)39(20)31(40)42-32(2,3)4;1-3-2-4;1-2/h9,12,21,23,27-29,31-33,36H,5-8,10-11,13-20,22,24-26H2,1-4H3;1,8-11,14-15,20-21H,5,12-13,16-18H2,2-4,6H3;2H,1H3,(H,3,4);1H2/b;30-24+,37-29+;;. The Morgan fingerprint density at radius 1 is 0.924 bits per heavy atom. The number of fused-ring (bicyclic) bond motifs is 4. The van der Waals surface area contributed by atoms with Gasteiger partial charge < -0.3 is 53.9 Å². The molecule has 6 unspecified atom stereocenters. The van der Waals surface area contributed by atoms with Crippen LogP contribution < -0.4 is 20.4 Å². The van der Waals surface area contributed by atoms with Crippen molar-refractivity contribution in [1.82, 2.24) is 30.2 Å². The number of terminal acetylenes is 1. The molecule has 6 heterocycles. The third kappa shape index (κ3) is 19.6. The first kappa shape index (κ1) is 73.8. The van der Waals surface area contributed by atoms with Crippen LogP contribution in [-0.4, -0.2) is 213 Å². The van der Waals surface area contributed by atoms with Crippen LogP contribution in [0.3, 0.4) is 0 Å². The molecule has 3 aromatic rings. The van der Waals surface area contributed by atoms with Gasteiger partial charge in [-0.2, -0.15) is 0 Å². The summed E-state index contributed by atoms with van der Waals surface area (Å²) in [6.45, 7) is 21.9. The maximum absolute atomic E-state index is 16.4. The van der Waals surface area contributed by atoms with Gasteiger partial charge in [-0.3, -0.25) is 34.3 Å². The second-order valence-corrected chi connectivity index (χ2v) is 25.3. The van der Waals surface area contributed by atoms with Crippen LogP contribution in [0.15, 0.2) is 80.7 Å². The Hall–Kier alpha value is -7.26. The largest absolute Gasteiger partial charge is 0.444 e. The summed E-state index contributed by atoms with van der Waals surface area (Å²) in [4.78, 5) is 78.9. The van der Waals surface area contributed by atoms with Crippen LogP contribution in [-0.2, 0) is 44.7 Å². The molecule has 9 rings (SSSR count). The smallest absolute Gasteiger partial charge is 0.410 e. The van der Waals surface area contributed by atoms with E-state index in [4.69, 9.17) is 35.0 Å². The maximum atomic E-state index is 16.4. The van der Waals surface area contributed by atoms with Crippen molar-refractivity contribution < 1.29 is 51.7 Å². The number of aliphatic imine (C=N–C) groups is 3. The zero-order chi connectivity index (χ0) is 66.9. The van der Waals surface area contributed by atoms with Gasteiger partial charge in [0.25, 0.3) is 0 Å². The molecular formula is C70H99F2N11O9. The Labute approximate surface area is 543 Å². The Bertz CT molecular complexity index is 3090. The fraction of sp³-hybridized carbons (Fsp3) is 0.571. The summed E-state index contributed by atoms with van der Waals surface area (Å²) in [6.07, 6.45) is 21.9. The van der Waals surface area contributed by atoms with Crippen LogP contribution >= 0.6 is 0 Å². The van der Waals surface area contributed by atoms with Crippen molar-refractivity contribution in [2.24, 2.45) is 20.9 Å². The lowest BCUT2D eigenvalue weighted by molar-refractivity contribution is -0.109. The summed E-state index contributed by atoms with van der Waals surface area (Å²) in [7, 11) is 9.06. The zero-order valence-electron chi connectivity index (χ0n) is 55.7. The van der Waals surface area contributed by atoms with Crippen molar-refractivity contribution in [3.05, 3.63) is 88.3 Å². The van der Waals surface area contributed by atoms with Gasteiger partial charge in [-0.05, 0) is 173 Å². The van der Waals surface area contributed by atoms with Crippen LogP contribution in [0.4, 0.5) is 25.0 Å². The molecule has 2 N–H and O–H groups in total. The van der Waals surface area contributed by atoms with E-state index in [1.54, 1.807) is 36.2 Å². The van der Waals surface area contributed by atoms with Crippen molar-refractivity contribution in [2.45, 2.75) is 153 Å². The monoisotopic (exact) mass is 1280 g/mol. The number of amides is 3. The number of aldehydes is 1. The van der Waals surface area contributed by atoms with Crippen LogP contribution in [0.2, 0.25) is 0 Å². The van der Waals surface area contributed by atoms with Gasteiger partial charge in [0.1, 0.15) is 48.5 Å². The number of benzene rings is 3. The summed E-state index contributed by atoms with van der Waals surface area (Å²) >= 11 is 0. The minimum atomic E-state index is -0.721. The second-order valence-electron chi connectivity index (χ2n) is 25.3. The van der Waals surface area contributed by atoms with Crippen molar-refractivity contribution in [2.75, 3.05) is 111 Å². The first-order valence-corrected chi connectivity index (χ1v) is 32.2. The highest BCUT2D eigenvalue weighted by Crippen LogP contribution is 2.39. The molecule has 502 valence electrons. The molecule has 2 bridgehead atoms. The number of hydrogen-bond donors (Lipinski definition) is 2. The Balaban J connectivity index is 0.000000269. The van der Waals surface area contributed by atoms with Gasteiger partial charge in [-0.25, -0.2) is 18.6 Å². The molecule has 0 spiro atoms. The number of ether oxygens (including phenoxy) is 4. The fourth-order valence-electron chi connectivity index (χ4n) is 13.2. The zero-order valence-corrected chi connectivity index (χ0v) is 55.7. The van der Waals surface area contributed by atoms with Gasteiger partial charge in [-0.15, -0.1) is 6.42 Å². The highest BCUT2D eigenvalue weighted by molar-refractivity contribution is 6.29. The molecule has 0 radical (unpaired) electrons. The van der Waals surface area contributed by atoms with E-state index in [0.717, 1.165) is 115 Å². The van der Waals surface area contributed by atoms with E-state index in [9.17, 15) is 18.8 Å². The molecule has 0 saturated carbocycles.